The lowest BCUT2D eigenvalue weighted by Gasteiger charge is -2.12. The Hall–Kier alpha value is -0.610. The average molecular weight is 186 g/mol. The molecule has 0 saturated carbocycles. The van der Waals surface area contributed by atoms with Crippen LogP contribution in [0.15, 0.2) is 0 Å². The Morgan fingerprint density at radius 3 is 2.92 bits per heavy atom. The summed E-state index contributed by atoms with van der Waals surface area (Å²) in [5, 5.41) is 5.97. The Kier molecular flexibility index (Phi) is 4.18. The summed E-state index contributed by atoms with van der Waals surface area (Å²) < 4.78 is 5.18. The Balaban J connectivity index is 2.07. The van der Waals surface area contributed by atoms with Gasteiger partial charge in [-0.15, -0.1) is 0 Å². The van der Waals surface area contributed by atoms with Crippen molar-refractivity contribution in [1.29, 1.82) is 0 Å². The van der Waals surface area contributed by atoms with Crippen LogP contribution in [0.1, 0.15) is 20.3 Å². The maximum atomic E-state index is 11.2. The van der Waals surface area contributed by atoms with Crippen LogP contribution >= 0.6 is 0 Å². The lowest BCUT2D eigenvalue weighted by Crippen LogP contribution is -2.41. The van der Waals surface area contributed by atoms with E-state index in [0.29, 0.717) is 12.6 Å². The van der Waals surface area contributed by atoms with Gasteiger partial charge >= 0.3 is 0 Å². The molecule has 0 aromatic rings. The summed E-state index contributed by atoms with van der Waals surface area (Å²) in [7, 11) is 0. The van der Waals surface area contributed by atoms with Gasteiger partial charge < -0.3 is 15.4 Å². The first-order chi connectivity index (χ1) is 6.18. The van der Waals surface area contributed by atoms with Crippen LogP contribution in [0.2, 0.25) is 0 Å². The quantitative estimate of drug-likeness (QED) is 0.644. The monoisotopic (exact) mass is 186 g/mol. The maximum absolute atomic E-state index is 11.2. The van der Waals surface area contributed by atoms with Gasteiger partial charge in [0, 0.05) is 18.7 Å². The second kappa shape index (κ2) is 5.19. The molecule has 4 nitrogen and oxygen atoms in total. The van der Waals surface area contributed by atoms with Gasteiger partial charge in [0.25, 0.3) is 0 Å². The fourth-order valence-electron chi connectivity index (χ4n) is 1.31. The molecular formula is C9H18N2O2. The van der Waals surface area contributed by atoms with Crippen LogP contribution in [0.3, 0.4) is 0 Å². The highest BCUT2D eigenvalue weighted by atomic mass is 16.5. The summed E-state index contributed by atoms with van der Waals surface area (Å²) in [4.78, 5) is 11.2. The molecule has 1 atom stereocenters. The Bertz CT molecular complexity index is 165. The van der Waals surface area contributed by atoms with Gasteiger partial charge in [0.15, 0.2) is 0 Å². The predicted molar refractivity (Wildman–Crippen MR) is 50.5 cm³/mol. The zero-order chi connectivity index (χ0) is 9.68. The molecule has 0 bridgehead atoms. The summed E-state index contributed by atoms with van der Waals surface area (Å²) in [6.45, 7) is 5.85. The molecule has 76 valence electrons. The molecule has 1 aliphatic heterocycles. The molecule has 1 fully saturated rings. The van der Waals surface area contributed by atoms with E-state index in [1.807, 2.05) is 13.8 Å². The van der Waals surface area contributed by atoms with Crippen LogP contribution in [-0.4, -0.2) is 37.7 Å². The molecule has 0 aromatic heterocycles. The van der Waals surface area contributed by atoms with Crippen LogP contribution in [0.5, 0.6) is 0 Å². The van der Waals surface area contributed by atoms with Crippen LogP contribution < -0.4 is 10.6 Å². The predicted octanol–water partition coefficient (Wildman–Crippen LogP) is -0.111. The van der Waals surface area contributed by atoms with Crippen molar-refractivity contribution in [3.05, 3.63) is 0 Å². The van der Waals surface area contributed by atoms with Crippen LogP contribution in [0.4, 0.5) is 0 Å². The standard InChI is InChI=1S/C9H18N2O2/c1-7(2)11-9(12)5-10-8-3-4-13-6-8/h7-8,10H,3-6H2,1-2H3,(H,11,12). The van der Waals surface area contributed by atoms with E-state index in [1.165, 1.54) is 0 Å². The second-order valence-corrected chi connectivity index (χ2v) is 3.66. The van der Waals surface area contributed by atoms with E-state index < -0.39 is 0 Å². The molecule has 1 saturated heterocycles. The molecule has 1 rings (SSSR count). The fraction of sp³-hybridized carbons (Fsp3) is 0.889. The average Bonchev–Trinajstić information content (AvgIpc) is 2.51. The molecule has 0 radical (unpaired) electrons. The van der Waals surface area contributed by atoms with Crippen molar-refractivity contribution in [2.24, 2.45) is 0 Å². The molecule has 0 spiro atoms. The molecule has 1 unspecified atom stereocenters. The molecule has 0 aromatic carbocycles. The number of nitrogens with one attached hydrogen (secondary N) is 2. The summed E-state index contributed by atoms with van der Waals surface area (Å²) in [6.07, 6.45) is 1.01. The lowest BCUT2D eigenvalue weighted by atomic mass is 10.2. The number of hydrogen-bond acceptors (Lipinski definition) is 3. The van der Waals surface area contributed by atoms with Gasteiger partial charge in [-0.2, -0.15) is 0 Å². The fourth-order valence-corrected chi connectivity index (χ4v) is 1.31. The minimum atomic E-state index is 0.0573. The number of ether oxygens (including phenoxy) is 1. The first-order valence-corrected chi connectivity index (χ1v) is 4.79. The van der Waals surface area contributed by atoms with Crippen molar-refractivity contribution in [1.82, 2.24) is 10.6 Å². The zero-order valence-electron chi connectivity index (χ0n) is 8.30. The maximum Gasteiger partial charge on any atom is 0.234 e. The Morgan fingerprint density at radius 1 is 1.62 bits per heavy atom. The zero-order valence-corrected chi connectivity index (χ0v) is 8.30. The van der Waals surface area contributed by atoms with Gasteiger partial charge in [0.2, 0.25) is 5.91 Å². The van der Waals surface area contributed by atoms with E-state index in [9.17, 15) is 4.79 Å². The van der Waals surface area contributed by atoms with Gasteiger partial charge in [0.1, 0.15) is 0 Å². The molecule has 13 heavy (non-hydrogen) atoms. The van der Waals surface area contributed by atoms with E-state index in [4.69, 9.17) is 4.74 Å². The van der Waals surface area contributed by atoms with Crippen molar-refractivity contribution >= 4 is 5.91 Å². The van der Waals surface area contributed by atoms with E-state index in [0.717, 1.165) is 19.6 Å². The normalized spacial score (nSPS) is 22.2. The van der Waals surface area contributed by atoms with Crippen LogP contribution in [0, 0.1) is 0 Å². The third-order valence-electron chi connectivity index (χ3n) is 1.93. The van der Waals surface area contributed by atoms with Crippen LogP contribution in [0.25, 0.3) is 0 Å². The van der Waals surface area contributed by atoms with Gasteiger partial charge in [-0.25, -0.2) is 0 Å². The summed E-state index contributed by atoms with van der Waals surface area (Å²) >= 11 is 0. The topological polar surface area (TPSA) is 50.4 Å². The third-order valence-corrected chi connectivity index (χ3v) is 1.93. The van der Waals surface area contributed by atoms with Crippen molar-refractivity contribution in [3.63, 3.8) is 0 Å². The number of carbonyl (C=O) groups is 1. The SMILES string of the molecule is CC(C)NC(=O)CNC1CCOC1. The number of hydrogen-bond donors (Lipinski definition) is 2. The smallest absolute Gasteiger partial charge is 0.234 e. The molecule has 0 aliphatic carbocycles. The minimum absolute atomic E-state index is 0.0573. The first kappa shape index (κ1) is 10.5. The molecule has 2 N–H and O–H groups in total. The van der Waals surface area contributed by atoms with E-state index in [2.05, 4.69) is 10.6 Å². The van der Waals surface area contributed by atoms with Gasteiger partial charge in [-0.1, -0.05) is 0 Å². The van der Waals surface area contributed by atoms with Crippen molar-refractivity contribution in [3.8, 4) is 0 Å². The highest BCUT2D eigenvalue weighted by Crippen LogP contribution is 2.02. The highest BCUT2D eigenvalue weighted by Gasteiger charge is 2.15. The van der Waals surface area contributed by atoms with Gasteiger partial charge in [-0.3, -0.25) is 4.79 Å². The summed E-state index contributed by atoms with van der Waals surface area (Å²) in [6, 6.07) is 0.576. The number of carbonyl (C=O) groups excluding carboxylic acids is 1. The van der Waals surface area contributed by atoms with E-state index >= 15 is 0 Å². The molecule has 1 heterocycles. The van der Waals surface area contributed by atoms with Crippen molar-refractivity contribution in [2.45, 2.75) is 32.4 Å². The number of amides is 1. The molecule has 1 amide bonds. The van der Waals surface area contributed by atoms with Crippen molar-refractivity contribution < 1.29 is 9.53 Å². The summed E-state index contributed by atoms with van der Waals surface area (Å²) in [5.74, 6) is 0.0573. The van der Waals surface area contributed by atoms with Crippen LogP contribution in [-0.2, 0) is 9.53 Å². The van der Waals surface area contributed by atoms with Gasteiger partial charge in [-0.05, 0) is 20.3 Å². The van der Waals surface area contributed by atoms with E-state index in [-0.39, 0.29) is 11.9 Å². The lowest BCUT2D eigenvalue weighted by molar-refractivity contribution is -0.120. The second-order valence-electron chi connectivity index (χ2n) is 3.66. The molecule has 1 aliphatic rings. The molecular weight excluding hydrogens is 168 g/mol. The van der Waals surface area contributed by atoms with E-state index in [1.54, 1.807) is 0 Å². The molecule has 4 heteroatoms. The minimum Gasteiger partial charge on any atom is -0.380 e. The first-order valence-electron chi connectivity index (χ1n) is 4.79. The highest BCUT2D eigenvalue weighted by molar-refractivity contribution is 5.78. The number of rotatable bonds is 4. The Morgan fingerprint density at radius 2 is 2.38 bits per heavy atom. The van der Waals surface area contributed by atoms with Crippen molar-refractivity contribution in [2.75, 3.05) is 19.8 Å². The summed E-state index contributed by atoms with van der Waals surface area (Å²) in [5.41, 5.74) is 0. The Labute approximate surface area is 79.0 Å². The largest absolute Gasteiger partial charge is 0.380 e. The van der Waals surface area contributed by atoms with Gasteiger partial charge in [0.05, 0.1) is 13.2 Å². The third kappa shape index (κ3) is 4.24.